The molecule has 4 N–H and O–H groups in total. The zero-order valence-electron chi connectivity index (χ0n) is 14.3. The van der Waals surface area contributed by atoms with Gasteiger partial charge in [0.05, 0.1) is 5.56 Å². The molecule has 0 aliphatic carbocycles. The number of hydrogen-bond donors (Lipinski definition) is 4. The maximum atomic E-state index is 13.1. The Bertz CT molecular complexity index is 976. The molecule has 0 saturated carbocycles. The molecule has 2 aromatic rings. The number of alkyl halides is 3. The molecule has 3 rings (SSSR count). The van der Waals surface area contributed by atoms with Crippen molar-refractivity contribution >= 4 is 20.8 Å². The molecule has 1 unspecified atom stereocenters. The lowest BCUT2D eigenvalue weighted by atomic mass is 9.88. The predicted octanol–water partition coefficient (Wildman–Crippen LogP) is 1.92. The van der Waals surface area contributed by atoms with E-state index >= 15 is 0 Å². The van der Waals surface area contributed by atoms with E-state index in [0.717, 1.165) is 19.0 Å². The zero-order valence-corrected chi connectivity index (χ0v) is 15.9. The summed E-state index contributed by atoms with van der Waals surface area (Å²) in [6.45, 7) is 0.722. The Hall–Kier alpha value is -2.11. The van der Waals surface area contributed by atoms with Crippen molar-refractivity contribution in [2.45, 2.75) is 31.5 Å². The van der Waals surface area contributed by atoms with Gasteiger partial charge < -0.3 is 0 Å². The van der Waals surface area contributed by atoms with E-state index < -0.39 is 32.5 Å². The normalized spacial score (nSPS) is 16.6. The van der Waals surface area contributed by atoms with E-state index in [1.807, 2.05) is 0 Å². The molecule has 29 heavy (non-hydrogen) atoms. The van der Waals surface area contributed by atoms with Gasteiger partial charge in [0.25, 0.3) is 0 Å². The average Bonchev–Trinajstić information content (AvgIpc) is 2.99. The van der Waals surface area contributed by atoms with E-state index in [9.17, 15) is 13.2 Å². The second-order valence-corrected chi connectivity index (χ2v) is 7.31. The molecule has 0 saturated heterocycles. The smallest absolute Gasteiger partial charge is 0.264 e. The zero-order chi connectivity index (χ0) is 22.5. The van der Waals surface area contributed by atoms with Crippen molar-refractivity contribution in [1.29, 1.82) is 0 Å². The van der Waals surface area contributed by atoms with Crippen LogP contribution in [-0.4, -0.2) is 49.8 Å². The molecule has 0 radical (unpaired) electrons. The molecular weight excluding hydrogens is 447 g/mol. The minimum atomic E-state index is -4.67. The quantitative estimate of drug-likeness (QED) is 0.456. The van der Waals surface area contributed by atoms with Gasteiger partial charge in [-0.2, -0.15) is 35.1 Å². The average molecular weight is 463 g/mol. The van der Waals surface area contributed by atoms with Gasteiger partial charge in [-0.15, -0.1) is 0 Å². The van der Waals surface area contributed by atoms with Gasteiger partial charge in [-0.05, 0) is 24.5 Å². The summed E-state index contributed by atoms with van der Waals surface area (Å²) in [5.41, 5.74) is -0.277. The second kappa shape index (κ2) is 9.59. The van der Waals surface area contributed by atoms with Crippen LogP contribution in [0.15, 0.2) is 30.6 Å². The number of fused-ring (bicyclic) bond motifs is 1. The molecule has 0 amide bonds. The van der Waals surface area contributed by atoms with Crippen LogP contribution in [0.4, 0.5) is 13.2 Å². The lowest BCUT2D eigenvalue weighted by Gasteiger charge is -2.25. The lowest BCUT2D eigenvalue weighted by molar-refractivity contribution is -0.138. The van der Waals surface area contributed by atoms with E-state index in [4.69, 9.17) is 35.0 Å². The largest absolute Gasteiger partial charge is 0.416 e. The first-order valence-corrected chi connectivity index (χ1v) is 10.3. The minimum Gasteiger partial charge on any atom is -0.264 e. The first kappa shape index (κ1) is 24.9. The van der Waals surface area contributed by atoms with Crippen LogP contribution in [0, 0.1) is 0 Å². The van der Waals surface area contributed by atoms with Crippen LogP contribution >= 0.6 is 0 Å². The summed E-state index contributed by atoms with van der Waals surface area (Å²) in [7, 11) is -9.33. The molecule has 1 aliphatic rings. The third-order valence-corrected chi connectivity index (χ3v) is 3.46. The summed E-state index contributed by atoms with van der Waals surface area (Å²) in [5.74, 6) is 0.303. The highest BCUT2D eigenvalue weighted by atomic mass is 32.3. The van der Waals surface area contributed by atoms with Crippen molar-refractivity contribution in [3.8, 4) is 0 Å². The maximum absolute atomic E-state index is 13.1. The van der Waals surface area contributed by atoms with Crippen LogP contribution < -0.4 is 0 Å². The minimum absolute atomic E-state index is 0.295. The fourth-order valence-corrected chi connectivity index (χ4v) is 2.64. The SMILES string of the molecule is FC(F)(F)c1ccccc1C1CCCn2ncnc21.O=S(=O)(O)O.O=S(=O)(O)O. The number of benzene rings is 1. The highest BCUT2D eigenvalue weighted by Gasteiger charge is 2.36. The molecular formula is C13H16F3N3O8S2. The Morgan fingerprint density at radius 2 is 1.52 bits per heavy atom. The number of aromatic nitrogens is 3. The Morgan fingerprint density at radius 3 is 2.03 bits per heavy atom. The van der Waals surface area contributed by atoms with Gasteiger partial charge in [0.1, 0.15) is 12.2 Å². The van der Waals surface area contributed by atoms with Crippen LogP contribution in [0.5, 0.6) is 0 Å². The molecule has 11 nitrogen and oxygen atoms in total. The molecule has 2 heterocycles. The third kappa shape index (κ3) is 9.77. The van der Waals surface area contributed by atoms with Gasteiger partial charge in [0, 0.05) is 12.5 Å². The van der Waals surface area contributed by atoms with Crippen molar-refractivity contribution in [2.24, 2.45) is 0 Å². The van der Waals surface area contributed by atoms with Gasteiger partial charge >= 0.3 is 27.0 Å². The van der Waals surface area contributed by atoms with Gasteiger partial charge in [-0.1, -0.05) is 18.2 Å². The van der Waals surface area contributed by atoms with Crippen molar-refractivity contribution in [2.75, 3.05) is 0 Å². The van der Waals surface area contributed by atoms with Crippen LogP contribution in [0.25, 0.3) is 0 Å². The molecule has 16 heteroatoms. The summed E-state index contributed by atoms with van der Waals surface area (Å²) in [5, 5.41) is 4.05. The number of hydrogen-bond acceptors (Lipinski definition) is 6. The second-order valence-electron chi connectivity index (χ2n) is 5.52. The molecule has 1 atom stereocenters. The summed E-state index contributed by atoms with van der Waals surface area (Å²) < 4.78 is 104. The van der Waals surface area contributed by atoms with Gasteiger partial charge in [-0.25, -0.2) is 9.67 Å². The fraction of sp³-hybridized carbons (Fsp3) is 0.385. The van der Waals surface area contributed by atoms with E-state index in [-0.39, 0.29) is 5.92 Å². The van der Waals surface area contributed by atoms with E-state index in [1.54, 1.807) is 10.7 Å². The van der Waals surface area contributed by atoms with Crippen LogP contribution in [-0.2, 0) is 33.5 Å². The maximum Gasteiger partial charge on any atom is 0.416 e. The van der Waals surface area contributed by atoms with Crippen molar-refractivity contribution in [3.63, 3.8) is 0 Å². The number of nitrogens with zero attached hydrogens (tertiary/aromatic N) is 3. The van der Waals surface area contributed by atoms with E-state index in [0.29, 0.717) is 17.8 Å². The Labute approximate surface area is 163 Å². The molecule has 1 aromatic carbocycles. The van der Waals surface area contributed by atoms with E-state index in [1.165, 1.54) is 18.5 Å². The topological polar surface area (TPSA) is 180 Å². The monoisotopic (exact) mass is 463 g/mol. The molecule has 164 valence electrons. The summed E-state index contributed by atoms with van der Waals surface area (Å²) in [6.07, 6.45) is -1.44. The first-order chi connectivity index (χ1) is 13.1. The van der Waals surface area contributed by atoms with Crippen molar-refractivity contribution < 1.29 is 48.2 Å². The summed E-state index contributed by atoms with van der Waals surface area (Å²) in [4.78, 5) is 4.12. The Kier molecular flexibility index (Phi) is 8.25. The van der Waals surface area contributed by atoms with Gasteiger partial charge in [-0.3, -0.25) is 18.2 Å². The van der Waals surface area contributed by atoms with Crippen LogP contribution in [0.1, 0.15) is 35.7 Å². The van der Waals surface area contributed by atoms with Crippen LogP contribution in [0.3, 0.4) is 0 Å². The molecule has 0 fully saturated rings. The van der Waals surface area contributed by atoms with Crippen molar-refractivity contribution in [1.82, 2.24) is 14.8 Å². The number of halogens is 3. The highest BCUT2D eigenvalue weighted by Crippen LogP contribution is 2.39. The fourth-order valence-electron chi connectivity index (χ4n) is 2.64. The first-order valence-electron chi connectivity index (χ1n) is 7.51. The number of aryl methyl sites for hydroxylation is 1. The Morgan fingerprint density at radius 1 is 1.00 bits per heavy atom. The molecule has 1 aromatic heterocycles. The van der Waals surface area contributed by atoms with Crippen LogP contribution in [0.2, 0.25) is 0 Å². The molecule has 0 bridgehead atoms. The Balaban J connectivity index is 0.000000353. The summed E-state index contributed by atoms with van der Waals surface area (Å²) in [6, 6.07) is 5.72. The summed E-state index contributed by atoms with van der Waals surface area (Å²) >= 11 is 0. The third-order valence-electron chi connectivity index (χ3n) is 3.46. The van der Waals surface area contributed by atoms with E-state index in [2.05, 4.69) is 10.1 Å². The number of rotatable bonds is 1. The lowest BCUT2D eigenvalue weighted by Crippen LogP contribution is -2.21. The molecule has 1 aliphatic heterocycles. The predicted molar refractivity (Wildman–Crippen MR) is 90.9 cm³/mol. The highest BCUT2D eigenvalue weighted by molar-refractivity contribution is 7.80. The van der Waals surface area contributed by atoms with Gasteiger partial charge in [0.15, 0.2) is 0 Å². The molecule has 0 spiro atoms. The van der Waals surface area contributed by atoms with Gasteiger partial charge in [0.2, 0.25) is 0 Å². The van der Waals surface area contributed by atoms with Crippen molar-refractivity contribution in [3.05, 3.63) is 47.5 Å². The standard InChI is InChI=1S/C13H12F3N3.2H2O4S/c14-13(15,16)11-6-2-1-4-9(11)10-5-3-7-19-12(10)17-8-18-19;2*1-5(2,3)4/h1-2,4,6,8,10H,3,5,7H2;2*(H2,1,2,3,4).